The standard InChI is InChI=1S/C11H16N2O3/c1-14-9-3-8(4-10(5-9)15-2)11(13-12)6-16-7-11/h3-5,13H,6-7,12H2,1-2H3. The van der Waals surface area contributed by atoms with E-state index in [0.29, 0.717) is 13.2 Å². The lowest BCUT2D eigenvalue weighted by molar-refractivity contribution is -0.0788. The van der Waals surface area contributed by atoms with Gasteiger partial charge in [0.05, 0.1) is 27.4 Å². The Morgan fingerprint density at radius 2 is 1.75 bits per heavy atom. The predicted molar refractivity (Wildman–Crippen MR) is 59.4 cm³/mol. The molecule has 2 rings (SSSR count). The molecule has 0 saturated carbocycles. The molecule has 0 atom stereocenters. The topological polar surface area (TPSA) is 65.7 Å². The molecule has 0 bridgehead atoms. The van der Waals surface area contributed by atoms with E-state index in [4.69, 9.17) is 20.1 Å². The number of hydrogen-bond donors (Lipinski definition) is 2. The van der Waals surface area contributed by atoms with E-state index >= 15 is 0 Å². The van der Waals surface area contributed by atoms with E-state index in [1.54, 1.807) is 14.2 Å². The minimum absolute atomic E-state index is 0.318. The molecule has 1 aromatic carbocycles. The van der Waals surface area contributed by atoms with Gasteiger partial charge in [0.25, 0.3) is 0 Å². The Hall–Kier alpha value is -1.30. The maximum Gasteiger partial charge on any atom is 0.122 e. The van der Waals surface area contributed by atoms with Crippen LogP contribution in [0.5, 0.6) is 11.5 Å². The third kappa shape index (κ3) is 1.73. The van der Waals surface area contributed by atoms with Crippen molar-refractivity contribution in [3.05, 3.63) is 23.8 Å². The molecule has 0 aliphatic carbocycles. The summed E-state index contributed by atoms with van der Waals surface area (Å²) in [5.74, 6) is 7.06. The highest BCUT2D eigenvalue weighted by atomic mass is 16.5. The van der Waals surface area contributed by atoms with Crippen LogP contribution in [0.2, 0.25) is 0 Å². The second-order valence-electron chi connectivity index (χ2n) is 3.82. The summed E-state index contributed by atoms with van der Waals surface area (Å²) in [6.07, 6.45) is 0. The average Bonchev–Trinajstić information content (AvgIpc) is 2.28. The lowest BCUT2D eigenvalue weighted by atomic mass is 9.88. The number of ether oxygens (including phenoxy) is 3. The molecule has 1 heterocycles. The Labute approximate surface area is 94.5 Å². The van der Waals surface area contributed by atoms with E-state index in [-0.39, 0.29) is 5.54 Å². The Morgan fingerprint density at radius 1 is 1.19 bits per heavy atom. The first-order valence-electron chi connectivity index (χ1n) is 5.03. The molecule has 16 heavy (non-hydrogen) atoms. The van der Waals surface area contributed by atoms with Crippen LogP contribution in [0.15, 0.2) is 18.2 Å². The normalized spacial score (nSPS) is 17.7. The van der Waals surface area contributed by atoms with Crippen molar-refractivity contribution in [3.8, 4) is 11.5 Å². The lowest BCUT2D eigenvalue weighted by Crippen LogP contribution is -2.60. The van der Waals surface area contributed by atoms with Crippen LogP contribution in [0.3, 0.4) is 0 Å². The zero-order valence-electron chi connectivity index (χ0n) is 9.45. The zero-order chi connectivity index (χ0) is 11.6. The van der Waals surface area contributed by atoms with Gasteiger partial charge in [0.2, 0.25) is 0 Å². The maximum absolute atomic E-state index is 5.57. The molecule has 1 aromatic rings. The molecule has 1 aliphatic heterocycles. The molecule has 1 aliphatic rings. The number of hydrogen-bond acceptors (Lipinski definition) is 5. The second-order valence-corrected chi connectivity index (χ2v) is 3.82. The summed E-state index contributed by atoms with van der Waals surface area (Å²) < 4.78 is 15.6. The Kier molecular flexibility index (Phi) is 3.00. The fourth-order valence-corrected chi connectivity index (χ4v) is 1.72. The SMILES string of the molecule is COc1cc(OC)cc(C2(NN)COC2)c1. The molecule has 0 amide bonds. The van der Waals surface area contributed by atoms with Crippen LogP contribution < -0.4 is 20.7 Å². The summed E-state index contributed by atoms with van der Waals surface area (Å²) >= 11 is 0. The summed E-state index contributed by atoms with van der Waals surface area (Å²) in [6.45, 7) is 1.11. The van der Waals surface area contributed by atoms with E-state index in [1.807, 2.05) is 18.2 Å². The van der Waals surface area contributed by atoms with Crippen molar-refractivity contribution in [2.24, 2.45) is 5.84 Å². The van der Waals surface area contributed by atoms with Gasteiger partial charge in [-0.05, 0) is 17.7 Å². The van der Waals surface area contributed by atoms with Crippen molar-refractivity contribution in [2.75, 3.05) is 27.4 Å². The van der Waals surface area contributed by atoms with Gasteiger partial charge in [-0.1, -0.05) is 0 Å². The summed E-state index contributed by atoms with van der Waals surface area (Å²) in [5, 5.41) is 0. The zero-order valence-corrected chi connectivity index (χ0v) is 9.45. The quantitative estimate of drug-likeness (QED) is 0.572. The Balaban J connectivity index is 2.39. The minimum Gasteiger partial charge on any atom is -0.497 e. The van der Waals surface area contributed by atoms with Crippen molar-refractivity contribution in [1.82, 2.24) is 5.43 Å². The summed E-state index contributed by atoms with van der Waals surface area (Å²) in [6, 6.07) is 5.70. The van der Waals surface area contributed by atoms with E-state index in [9.17, 15) is 0 Å². The van der Waals surface area contributed by atoms with Gasteiger partial charge < -0.3 is 14.2 Å². The van der Waals surface area contributed by atoms with Gasteiger partial charge in [0, 0.05) is 6.07 Å². The number of rotatable bonds is 4. The van der Waals surface area contributed by atoms with Crippen LogP contribution in [0.4, 0.5) is 0 Å². The van der Waals surface area contributed by atoms with E-state index in [2.05, 4.69) is 5.43 Å². The number of methoxy groups -OCH3 is 2. The van der Waals surface area contributed by atoms with Gasteiger partial charge in [0.1, 0.15) is 17.0 Å². The van der Waals surface area contributed by atoms with Crippen LogP contribution in [-0.4, -0.2) is 27.4 Å². The molecule has 3 N–H and O–H groups in total. The lowest BCUT2D eigenvalue weighted by Gasteiger charge is -2.41. The van der Waals surface area contributed by atoms with Crippen molar-refractivity contribution in [1.29, 1.82) is 0 Å². The first kappa shape index (κ1) is 11.2. The van der Waals surface area contributed by atoms with Crippen molar-refractivity contribution >= 4 is 0 Å². The highest BCUT2D eigenvalue weighted by Crippen LogP contribution is 2.34. The van der Waals surface area contributed by atoms with Gasteiger partial charge in [-0.15, -0.1) is 0 Å². The smallest absolute Gasteiger partial charge is 0.122 e. The van der Waals surface area contributed by atoms with Crippen LogP contribution in [0, 0.1) is 0 Å². The molecule has 0 spiro atoms. The average molecular weight is 224 g/mol. The van der Waals surface area contributed by atoms with Crippen molar-refractivity contribution in [3.63, 3.8) is 0 Å². The molecule has 0 unspecified atom stereocenters. The van der Waals surface area contributed by atoms with Gasteiger partial charge in [-0.2, -0.15) is 0 Å². The molecule has 0 aromatic heterocycles. The van der Waals surface area contributed by atoms with Crippen LogP contribution in [0.1, 0.15) is 5.56 Å². The third-order valence-corrected chi connectivity index (χ3v) is 2.88. The van der Waals surface area contributed by atoms with Gasteiger partial charge in [-0.3, -0.25) is 5.84 Å². The largest absolute Gasteiger partial charge is 0.497 e. The monoisotopic (exact) mass is 224 g/mol. The third-order valence-electron chi connectivity index (χ3n) is 2.88. The molecule has 0 radical (unpaired) electrons. The van der Waals surface area contributed by atoms with Crippen LogP contribution in [0.25, 0.3) is 0 Å². The molecule has 5 heteroatoms. The molecule has 88 valence electrons. The summed E-state index contributed by atoms with van der Waals surface area (Å²) in [7, 11) is 3.25. The summed E-state index contributed by atoms with van der Waals surface area (Å²) in [4.78, 5) is 0. The minimum atomic E-state index is -0.318. The molecule has 1 fully saturated rings. The van der Waals surface area contributed by atoms with Crippen molar-refractivity contribution in [2.45, 2.75) is 5.54 Å². The second kappa shape index (κ2) is 4.29. The number of benzene rings is 1. The Bertz CT molecular complexity index is 350. The predicted octanol–water partition coefficient (Wildman–Crippen LogP) is 0.393. The molecular weight excluding hydrogens is 208 g/mol. The highest BCUT2D eigenvalue weighted by molar-refractivity contribution is 5.42. The maximum atomic E-state index is 5.57. The number of hydrazine groups is 1. The van der Waals surface area contributed by atoms with Crippen LogP contribution in [-0.2, 0) is 10.3 Å². The van der Waals surface area contributed by atoms with Crippen molar-refractivity contribution < 1.29 is 14.2 Å². The van der Waals surface area contributed by atoms with Gasteiger partial charge >= 0.3 is 0 Å². The fourth-order valence-electron chi connectivity index (χ4n) is 1.72. The Morgan fingerprint density at radius 3 is 2.06 bits per heavy atom. The van der Waals surface area contributed by atoms with E-state index in [1.165, 1.54) is 0 Å². The first-order valence-corrected chi connectivity index (χ1v) is 5.03. The van der Waals surface area contributed by atoms with Gasteiger partial charge in [0.15, 0.2) is 0 Å². The molecule has 5 nitrogen and oxygen atoms in total. The number of nitrogens with one attached hydrogen (secondary N) is 1. The van der Waals surface area contributed by atoms with E-state index < -0.39 is 0 Å². The molecular formula is C11H16N2O3. The van der Waals surface area contributed by atoms with Crippen LogP contribution >= 0.6 is 0 Å². The molecule has 1 saturated heterocycles. The van der Waals surface area contributed by atoms with Gasteiger partial charge in [-0.25, -0.2) is 5.43 Å². The van der Waals surface area contributed by atoms with E-state index in [0.717, 1.165) is 17.1 Å². The number of nitrogens with two attached hydrogens (primary N) is 1. The fraction of sp³-hybridized carbons (Fsp3) is 0.455. The summed E-state index contributed by atoms with van der Waals surface area (Å²) in [5.41, 5.74) is 3.49. The highest BCUT2D eigenvalue weighted by Gasteiger charge is 2.40. The first-order chi connectivity index (χ1) is 7.74.